The van der Waals surface area contributed by atoms with Crippen molar-refractivity contribution in [1.82, 2.24) is 4.90 Å². The van der Waals surface area contributed by atoms with Crippen molar-refractivity contribution in [2.24, 2.45) is 5.92 Å². The first kappa shape index (κ1) is 20.9. The highest BCUT2D eigenvalue weighted by atomic mass is 16.6. The third kappa shape index (κ3) is 5.77. The van der Waals surface area contributed by atoms with Crippen LogP contribution in [0.1, 0.15) is 62.2 Å². The fourth-order valence-corrected chi connectivity index (χ4v) is 3.63. The summed E-state index contributed by atoms with van der Waals surface area (Å²) >= 11 is 0. The van der Waals surface area contributed by atoms with Crippen LogP contribution in [-0.2, 0) is 9.53 Å². The van der Waals surface area contributed by atoms with E-state index in [0.29, 0.717) is 0 Å². The third-order valence-corrected chi connectivity index (χ3v) is 5.15. The summed E-state index contributed by atoms with van der Waals surface area (Å²) in [5, 5.41) is 11.1. The van der Waals surface area contributed by atoms with E-state index in [2.05, 4.69) is 0 Å². The molecule has 0 bridgehead atoms. The van der Waals surface area contributed by atoms with Gasteiger partial charge in [-0.15, -0.1) is 0 Å². The van der Waals surface area contributed by atoms with Crippen molar-refractivity contribution in [3.8, 4) is 0 Å². The van der Waals surface area contributed by atoms with Crippen LogP contribution in [0, 0.1) is 16.0 Å². The van der Waals surface area contributed by atoms with Crippen molar-refractivity contribution >= 4 is 17.6 Å². The minimum absolute atomic E-state index is 0.0316. The average molecular weight is 376 g/mol. The number of amides is 1. The Balaban J connectivity index is 2.28. The van der Waals surface area contributed by atoms with Gasteiger partial charge in [-0.05, 0) is 18.9 Å². The molecule has 2 rings (SSSR count). The van der Waals surface area contributed by atoms with Gasteiger partial charge in [-0.1, -0.05) is 45.1 Å². The summed E-state index contributed by atoms with van der Waals surface area (Å²) in [5.41, 5.74) is 0.169. The average Bonchev–Trinajstić information content (AvgIpc) is 2.65. The molecule has 7 nitrogen and oxygen atoms in total. The van der Waals surface area contributed by atoms with E-state index in [9.17, 15) is 19.7 Å². The number of rotatable bonds is 6. The minimum Gasteiger partial charge on any atom is -0.469 e. The Bertz CT molecular complexity index is 668. The van der Waals surface area contributed by atoms with Crippen LogP contribution in [0.25, 0.3) is 0 Å². The molecule has 1 saturated carbocycles. The topological polar surface area (TPSA) is 89.8 Å². The van der Waals surface area contributed by atoms with E-state index in [-0.39, 0.29) is 35.7 Å². The molecule has 1 unspecified atom stereocenters. The van der Waals surface area contributed by atoms with Crippen molar-refractivity contribution in [3.63, 3.8) is 0 Å². The number of nitro benzene ring substituents is 1. The van der Waals surface area contributed by atoms with Gasteiger partial charge in [0.1, 0.15) is 0 Å². The van der Waals surface area contributed by atoms with Crippen molar-refractivity contribution < 1.29 is 19.2 Å². The number of nitro groups is 1. The maximum atomic E-state index is 13.2. The lowest BCUT2D eigenvalue weighted by atomic mass is 9.94. The van der Waals surface area contributed by atoms with E-state index < -0.39 is 10.8 Å². The van der Waals surface area contributed by atoms with Crippen molar-refractivity contribution in [1.29, 1.82) is 0 Å². The first-order valence-corrected chi connectivity index (χ1v) is 9.57. The molecule has 0 heterocycles. The molecule has 0 aliphatic heterocycles. The molecule has 0 spiro atoms. The minimum atomic E-state index is -0.506. The molecule has 148 valence electrons. The molecule has 1 amide bonds. The molecule has 0 N–H and O–H groups in total. The number of hydrogen-bond donors (Lipinski definition) is 0. The lowest BCUT2D eigenvalue weighted by Gasteiger charge is -2.34. The van der Waals surface area contributed by atoms with Gasteiger partial charge in [0.15, 0.2) is 0 Å². The normalized spacial score (nSPS) is 16.7. The summed E-state index contributed by atoms with van der Waals surface area (Å²) < 4.78 is 4.81. The number of benzene rings is 1. The van der Waals surface area contributed by atoms with Crippen molar-refractivity contribution in [2.45, 2.75) is 57.9 Å². The summed E-state index contributed by atoms with van der Waals surface area (Å²) in [6.45, 7) is 1.99. The lowest BCUT2D eigenvalue weighted by Crippen LogP contribution is -2.44. The van der Waals surface area contributed by atoms with Gasteiger partial charge in [-0.3, -0.25) is 19.7 Å². The smallest absolute Gasteiger partial charge is 0.310 e. The van der Waals surface area contributed by atoms with Gasteiger partial charge in [-0.2, -0.15) is 0 Å². The second kappa shape index (κ2) is 10.0. The van der Waals surface area contributed by atoms with Crippen LogP contribution in [0.2, 0.25) is 0 Å². The first-order valence-electron chi connectivity index (χ1n) is 9.57. The molecule has 1 aromatic carbocycles. The maximum Gasteiger partial charge on any atom is 0.310 e. The standard InChI is InChI=1S/C20H28N2O5/c1-15(20(24)27-2)14-21(17-10-6-4-3-5-7-11-17)19(23)16-9-8-12-18(13-16)22(25)26/h8-9,12-13,15,17H,3-7,10-11,14H2,1-2H3. The maximum absolute atomic E-state index is 13.2. The van der Waals surface area contributed by atoms with E-state index in [4.69, 9.17) is 4.74 Å². The van der Waals surface area contributed by atoms with Crippen molar-refractivity contribution in [3.05, 3.63) is 39.9 Å². The largest absolute Gasteiger partial charge is 0.469 e. The summed E-state index contributed by atoms with van der Waals surface area (Å²) in [6.07, 6.45) is 7.34. The number of nitrogens with zero attached hydrogens (tertiary/aromatic N) is 2. The predicted molar refractivity (Wildman–Crippen MR) is 101 cm³/mol. The van der Waals surface area contributed by atoms with Crippen LogP contribution in [0.3, 0.4) is 0 Å². The van der Waals surface area contributed by atoms with Crippen LogP contribution >= 0.6 is 0 Å². The lowest BCUT2D eigenvalue weighted by molar-refractivity contribution is -0.384. The van der Waals surface area contributed by atoms with Crippen LogP contribution in [0.15, 0.2) is 24.3 Å². The number of esters is 1. The molecule has 1 fully saturated rings. The Labute approximate surface area is 159 Å². The van der Waals surface area contributed by atoms with Crippen LogP contribution in [0.4, 0.5) is 5.69 Å². The number of ether oxygens (including phenoxy) is 1. The highest BCUT2D eigenvalue weighted by Crippen LogP contribution is 2.25. The second-order valence-corrected chi connectivity index (χ2v) is 7.19. The summed E-state index contributed by atoms with van der Waals surface area (Å²) in [4.78, 5) is 37.4. The number of methoxy groups -OCH3 is 1. The van der Waals surface area contributed by atoms with Gasteiger partial charge in [0.05, 0.1) is 18.0 Å². The fraction of sp³-hybridized carbons (Fsp3) is 0.600. The predicted octanol–water partition coefficient (Wildman–Crippen LogP) is 3.96. The Morgan fingerprint density at radius 2 is 1.85 bits per heavy atom. The van der Waals surface area contributed by atoms with Crippen LogP contribution < -0.4 is 0 Å². The van der Waals surface area contributed by atoms with Gasteiger partial charge >= 0.3 is 5.97 Å². The van der Waals surface area contributed by atoms with Gasteiger partial charge in [-0.25, -0.2) is 0 Å². The van der Waals surface area contributed by atoms with Gasteiger partial charge in [0, 0.05) is 30.3 Å². The summed E-state index contributed by atoms with van der Waals surface area (Å²) in [5.74, 6) is -1.08. The van der Waals surface area contributed by atoms with Gasteiger partial charge in [0.25, 0.3) is 11.6 Å². The quantitative estimate of drug-likeness (QED) is 0.426. The second-order valence-electron chi connectivity index (χ2n) is 7.19. The van der Waals surface area contributed by atoms with Crippen LogP contribution in [-0.4, -0.2) is 41.4 Å². The molecule has 0 saturated heterocycles. The SMILES string of the molecule is COC(=O)C(C)CN(C(=O)c1cccc([N+](=O)[O-])c1)C1CCCCCCC1. The van der Waals surface area contributed by atoms with E-state index in [0.717, 1.165) is 38.5 Å². The molecule has 1 aromatic rings. The molecular weight excluding hydrogens is 348 g/mol. The molecule has 0 aromatic heterocycles. The molecule has 7 heteroatoms. The zero-order chi connectivity index (χ0) is 19.8. The molecular formula is C20H28N2O5. The molecule has 0 radical (unpaired) electrons. The van der Waals surface area contributed by atoms with Gasteiger partial charge in [0.2, 0.25) is 0 Å². The van der Waals surface area contributed by atoms with E-state index >= 15 is 0 Å². The van der Waals surface area contributed by atoms with Crippen molar-refractivity contribution in [2.75, 3.05) is 13.7 Å². The number of non-ortho nitro benzene ring substituents is 1. The number of carbonyl (C=O) groups is 2. The third-order valence-electron chi connectivity index (χ3n) is 5.15. The Hall–Kier alpha value is -2.44. The molecule has 1 atom stereocenters. The molecule has 27 heavy (non-hydrogen) atoms. The zero-order valence-corrected chi connectivity index (χ0v) is 16.1. The Kier molecular flexibility index (Phi) is 7.76. The summed E-state index contributed by atoms with van der Waals surface area (Å²) in [7, 11) is 1.33. The Morgan fingerprint density at radius 3 is 2.44 bits per heavy atom. The Morgan fingerprint density at radius 1 is 1.22 bits per heavy atom. The highest BCUT2D eigenvalue weighted by molar-refractivity contribution is 5.95. The number of carbonyl (C=O) groups excluding carboxylic acids is 2. The monoisotopic (exact) mass is 376 g/mol. The zero-order valence-electron chi connectivity index (χ0n) is 16.1. The first-order chi connectivity index (χ1) is 12.9. The molecule has 1 aliphatic rings. The molecule has 1 aliphatic carbocycles. The van der Waals surface area contributed by atoms with E-state index in [1.165, 1.54) is 31.7 Å². The number of hydrogen-bond acceptors (Lipinski definition) is 5. The van der Waals surface area contributed by atoms with Gasteiger partial charge < -0.3 is 9.64 Å². The fourth-order valence-electron chi connectivity index (χ4n) is 3.63. The highest BCUT2D eigenvalue weighted by Gasteiger charge is 2.29. The van der Waals surface area contributed by atoms with E-state index in [1.807, 2.05) is 0 Å². The summed E-state index contributed by atoms with van der Waals surface area (Å²) in [6, 6.07) is 5.82. The van der Waals surface area contributed by atoms with Crippen LogP contribution in [0.5, 0.6) is 0 Å². The van der Waals surface area contributed by atoms with E-state index in [1.54, 1.807) is 17.9 Å².